The summed E-state index contributed by atoms with van der Waals surface area (Å²) in [5.74, 6) is 0.157. The molecular weight excluding hydrogens is 238 g/mol. The van der Waals surface area contributed by atoms with Crippen molar-refractivity contribution in [3.05, 3.63) is 30.6 Å². The third-order valence-corrected chi connectivity index (χ3v) is 3.82. The molecule has 0 aromatic carbocycles. The molecule has 2 aromatic heterocycles. The minimum atomic E-state index is 0.157. The maximum atomic E-state index is 11.9. The number of carbonyl (C=O) groups excluding carboxylic acids is 1. The Hall–Kier alpha value is -1.84. The Morgan fingerprint density at radius 2 is 2.21 bits per heavy atom. The van der Waals surface area contributed by atoms with Crippen molar-refractivity contribution in [1.29, 1.82) is 0 Å². The molecule has 4 heteroatoms. The fourth-order valence-electron chi connectivity index (χ4n) is 2.79. The minimum Gasteiger partial charge on any atom is -0.353 e. The van der Waals surface area contributed by atoms with E-state index in [0.717, 1.165) is 23.9 Å². The van der Waals surface area contributed by atoms with E-state index in [1.165, 1.54) is 12.8 Å². The molecule has 0 spiro atoms. The number of amides is 1. The Kier molecular flexibility index (Phi) is 3.49. The predicted molar refractivity (Wildman–Crippen MR) is 74.7 cm³/mol. The molecule has 4 nitrogen and oxygen atoms in total. The number of nitrogens with zero attached hydrogens (tertiary/aromatic N) is 2. The van der Waals surface area contributed by atoms with Gasteiger partial charge in [0.2, 0.25) is 5.91 Å². The summed E-state index contributed by atoms with van der Waals surface area (Å²) < 4.78 is 2.05. The number of nitrogens with one attached hydrogen (secondary N) is 1. The highest BCUT2D eigenvalue weighted by Crippen LogP contribution is 2.18. The van der Waals surface area contributed by atoms with Gasteiger partial charge in [0, 0.05) is 36.8 Å². The highest BCUT2D eigenvalue weighted by atomic mass is 16.1. The number of aryl methyl sites for hydroxylation is 1. The summed E-state index contributed by atoms with van der Waals surface area (Å²) in [7, 11) is 0. The number of pyridine rings is 1. The van der Waals surface area contributed by atoms with E-state index in [1.54, 1.807) is 6.20 Å². The van der Waals surface area contributed by atoms with Gasteiger partial charge in [0.25, 0.3) is 0 Å². The highest BCUT2D eigenvalue weighted by Gasteiger charge is 2.16. The van der Waals surface area contributed by atoms with E-state index in [1.807, 2.05) is 29.0 Å². The van der Waals surface area contributed by atoms with E-state index in [0.29, 0.717) is 19.0 Å². The van der Waals surface area contributed by atoms with Gasteiger partial charge in [-0.25, -0.2) is 4.98 Å². The lowest BCUT2D eigenvalue weighted by Gasteiger charge is -2.12. The van der Waals surface area contributed by atoms with Crippen molar-refractivity contribution in [3.8, 4) is 0 Å². The maximum Gasteiger partial charge on any atom is 0.222 e. The first-order valence-electron chi connectivity index (χ1n) is 7.02. The second kappa shape index (κ2) is 5.43. The zero-order valence-electron chi connectivity index (χ0n) is 11.0. The summed E-state index contributed by atoms with van der Waals surface area (Å²) in [5.41, 5.74) is 0.955. The Morgan fingerprint density at radius 3 is 3.05 bits per heavy atom. The van der Waals surface area contributed by atoms with Gasteiger partial charge in [0.05, 0.1) is 0 Å². The third-order valence-electron chi connectivity index (χ3n) is 3.82. The Morgan fingerprint density at radius 1 is 1.37 bits per heavy atom. The van der Waals surface area contributed by atoms with E-state index in [-0.39, 0.29) is 5.91 Å². The monoisotopic (exact) mass is 257 g/mol. The van der Waals surface area contributed by atoms with E-state index >= 15 is 0 Å². The molecule has 0 aliphatic heterocycles. The van der Waals surface area contributed by atoms with Crippen LogP contribution in [0.1, 0.15) is 32.1 Å². The van der Waals surface area contributed by atoms with Crippen LogP contribution in [0.2, 0.25) is 0 Å². The van der Waals surface area contributed by atoms with Gasteiger partial charge in [-0.2, -0.15) is 0 Å². The first-order chi connectivity index (χ1) is 9.33. The third kappa shape index (κ3) is 2.78. The van der Waals surface area contributed by atoms with E-state index in [4.69, 9.17) is 0 Å². The highest BCUT2D eigenvalue weighted by molar-refractivity contribution is 5.78. The second-order valence-corrected chi connectivity index (χ2v) is 5.22. The molecule has 0 bridgehead atoms. The molecular formula is C15H19N3O. The fourth-order valence-corrected chi connectivity index (χ4v) is 2.79. The molecule has 0 saturated heterocycles. The Labute approximate surface area is 112 Å². The van der Waals surface area contributed by atoms with E-state index in [2.05, 4.69) is 10.3 Å². The summed E-state index contributed by atoms with van der Waals surface area (Å²) in [6.07, 6.45) is 9.09. The smallest absolute Gasteiger partial charge is 0.222 e. The normalized spacial score (nSPS) is 16.0. The summed E-state index contributed by atoms with van der Waals surface area (Å²) >= 11 is 0. The molecule has 1 aliphatic rings. The van der Waals surface area contributed by atoms with Crippen LogP contribution in [0, 0.1) is 0 Å². The van der Waals surface area contributed by atoms with Crippen molar-refractivity contribution in [2.75, 3.05) is 0 Å². The summed E-state index contributed by atoms with van der Waals surface area (Å²) in [4.78, 5) is 16.2. The van der Waals surface area contributed by atoms with Gasteiger partial charge in [0.15, 0.2) is 0 Å². The van der Waals surface area contributed by atoms with Gasteiger partial charge >= 0.3 is 0 Å². The van der Waals surface area contributed by atoms with Crippen LogP contribution in [0.5, 0.6) is 0 Å². The molecule has 1 N–H and O–H groups in total. The zero-order chi connectivity index (χ0) is 13.1. The van der Waals surface area contributed by atoms with Gasteiger partial charge in [-0.1, -0.05) is 12.8 Å². The molecule has 1 aliphatic carbocycles. The largest absolute Gasteiger partial charge is 0.353 e. The Balaban J connectivity index is 1.58. The molecule has 100 valence electrons. The fraction of sp³-hybridized carbons (Fsp3) is 0.467. The van der Waals surface area contributed by atoms with Gasteiger partial charge < -0.3 is 9.88 Å². The lowest BCUT2D eigenvalue weighted by atomic mass is 10.2. The van der Waals surface area contributed by atoms with Crippen LogP contribution in [0.25, 0.3) is 11.0 Å². The first kappa shape index (κ1) is 12.2. The number of hydrogen-bond acceptors (Lipinski definition) is 2. The molecule has 1 fully saturated rings. The molecule has 1 amide bonds. The summed E-state index contributed by atoms with van der Waals surface area (Å²) in [6, 6.07) is 6.42. The molecule has 0 atom stereocenters. The van der Waals surface area contributed by atoms with Crippen molar-refractivity contribution in [3.63, 3.8) is 0 Å². The van der Waals surface area contributed by atoms with Gasteiger partial charge in [-0.15, -0.1) is 0 Å². The van der Waals surface area contributed by atoms with Crippen LogP contribution in [-0.2, 0) is 11.3 Å². The maximum absolute atomic E-state index is 11.9. The van der Waals surface area contributed by atoms with Crippen molar-refractivity contribution in [2.45, 2.75) is 44.7 Å². The number of hydrogen-bond donors (Lipinski definition) is 1. The van der Waals surface area contributed by atoms with E-state index in [9.17, 15) is 4.79 Å². The van der Waals surface area contributed by atoms with Crippen LogP contribution < -0.4 is 5.32 Å². The van der Waals surface area contributed by atoms with Crippen molar-refractivity contribution >= 4 is 16.9 Å². The second-order valence-electron chi connectivity index (χ2n) is 5.22. The summed E-state index contributed by atoms with van der Waals surface area (Å²) in [5, 5.41) is 4.24. The van der Waals surface area contributed by atoms with Crippen LogP contribution in [0.4, 0.5) is 0 Å². The SMILES string of the molecule is O=C(CCn1ccc2cccnc21)NC1CCCC1. The van der Waals surface area contributed by atoms with Crippen LogP contribution >= 0.6 is 0 Å². The molecule has 1 saturated carbocycles. The Bertz CT molecular complexity index is 570. The topological polar surface area (TPSA) is 46.9 Å². The van der Waals surface area contributed by atoms with Gasteiger partial charge in [-0.3, -0.25) is 4.79 Å². The van der Waals surface area contributed by atoms with Crippen LogP contribution in [0.15, 0.2) is 30.6 Å². The minimum absolute atomic E-state index is 0.157. The number of rotatable bonds is 4. The molecule has 0 unspecified atom stereocenters. The average Bonchev–Trinajstić information content (AvgIpc) is 3.05. The average molecular weight is 257 g/mol. The molecule has 19 heavy (non-hydrogen) atoms. The standard InChI is InChI=1S/C15H19N3O/c19-14(17-13-5-1-2-6-13)8-11-18-10-7-12-4-3-9-16-15(12)18/h3-4,7,9-10,13H,1-2,5-6,8,11H2,(H,17,19). The number of fused-ring (bicyclic) bond motifs is 1. The summed E-state index contributed by atoms with van der Waals surface area (Å²) in [6.45, 7) is 0.694. The van der Waals surface area contributed by atoms with E-state index < -0.39 is 0 Å². The number of aromatic nitrogens is 2. The van der Waals surface area contributed by atoms with Gasteiger partial charge in [0.1, 0.15) is 5.65 Å². The molecule has 3 rings (SSSR count). The lowest BCUT2D eigenvalue weighted by Crippen LogP contribution is -2.33. The zero-order valence-corrected chi connectivity index (χ0v) is 11.0. The van der Waals surface area contributed by atoms with Crippen molar-refractivity contribution in [2.24, 2.45) is 0 Å². The molecule has 0 radical (unpaired) electrons. The van der Waals surface area contributed by atoms with Crippen LogP contribution in [0.3, 0.4) is 0 Å². The molecule has 2 aromatic rings. The van der Waals surface area contributed by atoms with Gasteiger partial charge in [-0.05, 0) is 31.0 Å². The van der Waals surface area contributed by atoms with Crippen molar-refractivity contribution < 1.29 is 4.79 Å². The predicted octanol–water partition coefficient (Wildman–Crippen LogP) is 2.49. The first-order valence-corrected chi connectivity index (χ1v) is 7.02. The quantitative estimate of drug-likeness (QED) is 0.914. The van der Waals surface area contributed by atoms with Crippen molar-refractivity contribution in [1.82, 2.24) is 14.9 Å². The lowest BCUT2D eigenvalue weighted by molar-refractivity contribution is -0.121. The number of carbonyl (C=O) groups is 1. The molecule has 2 heterocycles. The van der Waals surface area contributed by atoms with Crippen LogP contribution in [-0.4, -0.2) is 21.5 Å².